The van der Waals surface area contributed by atoms with Crippen LogP contribution in [0.2, 0.25) is 0 Å². The van der Waals surface area contributed by atoms with E-state index >= 15 is 0 Å². The monoisotopic (exact) mass is 333 g/mol. The van der Waals surface area contributed by atoms with Gasteiger partial charge < -0.3 is 4.74 Å². The van der Waals surface area contributed by atoms with E-state index in [1.54, 1.807) is 6.07 Å². The van der Waals surface area contributed by atoms with Crippen LogP contribution < -0.4 is 5.32 Å². The first-order valence-corrected chi connectivity index (χ1v) is 8.68. The first-order valence-electron chi connectivity index (χ1n) is 7.86. The van der Waals surface area contributed by atoms with Crippen LogP contribution in [-0.2, 0) is 4.74 Å². The number of piperidine rings is 3. The predicted octanol–water partition coefficient (Wildman–Crippen LogP) is 2.09. The molecule has 2 bridgehead atoms. The number of pyridine rings is 1. The Hall–Kier alpha value is -1.80. The molecular formula is C15H16FN5OS. The van der Waals surface area contributed by atoms with E-state index < -0.39 is 5.95 Å². The van der Waals surface area contributed by atoms with Gasteiger partial charge in [0.1, 0.15) is 15.9 Å². The lowest BCUT2D eigenvalue weighted by Gasteiger charge is -2.50. The number of rotatable bonds is 1. The van der Waals surface area contributed by atoms with Gasteiger partial charge in [-0.2, -0.15) is 4.39 Å². The molecule has 6 heterocycles. The molecule has 0 radical (unpaired) electrons. The molecule has 1 N–H and O–H groups in total. The van der Waals surface area contributed by atoms with Crippen molar-refractivity contribution in [3.8, 4) is 0 Å². The van der Waals surface area contributed by atoms with Crippen molar-refractivity contribution in [2.45, 2.75) is 18.4 Å². The molecule has 3 saturated heterocycles. The fourth-order valence-corrected chi connectivity index (χ4v) is 4.70. The summed E-state index contributed by atoms with van der Waals surface area (Å²) in [4.78, 5) is 15.8. The molecule has 0 aromatic carbocycles. The largest absolute Gasteiger partial charge is 0.455 e. The summed E-state index contributed by atoms with van der Waals surface area (Å²) in [6.45, 7) is 4.01. The van der Waals surface area contributed by atoms with Gasteiger partial charge in [-0.05, 0) is 38.1 Å². The van der Waals surface area contributed by atoms with E-state index in [9.17, 15) is 4.39 Å². The number of hydrogen-bond donors (Lipinski definition) is 1. The number of fused-ring (bicyclic) bond motifs is 3. The van der Waals surface area contributed by atoms with E-state index in [2.05, 4.69) is 25.2 Å². The van der Waals surface area contributed by atoms with E-state index in [1.807, 2.05) is 0 Å². The normalized spacial score (nSPS) is 32.3. The molecule has 2 aromatic heterocycles. The van der Waals surface area contributed by atoms with Gasteiger partial charge in [0, 0.05) is 12.5 Å². The third kappa shape index (κ3) is 2.20. The fraction of sp³-hybridized carbons (Fsp3) is 0.533. The van der Waals surface area contributed by atoms with E-state index in [0.29, 0.717) is 34.0 Å². The second-order valence-electron chi connectivity index (χ2n) is 6.44. The number of amidine groups is 1. The Labute approximate surface area is 136 Å². The van der Waals surface area contributed by atoms with Crippen molar-refractivity contribution in [2.24, 2.45) is 10.9 Å². The van der Waals surface area contributed by atoms with Crippen LogP contribution in [0.25, 0.3) is 10.3 Å². The van der Waals surface area contributed by atoms with E-state index in [0.717, 1.165) is 6.54 Å². The van der Waals surface area contributed by atoms with Crippen molar-refractivity contribution in [3.05, 3.63) is 18.1 Å². The number of hydrogen-bond acceptors (Lipinski definition) is 7. The van der Waals surface area contributed by atoms with Crippen molar-refractivity contribution >= 4 is 32.8 Å². The number of aliphatic imine (C=N–C) groups is 1. The summed E-state index contributed by atoms with van der Waals surface area (Å²) in [5, 5.41) is 3.77. The second kappa shape index (κ2) is 4.85. The molecule has 0 saturated carbocycles. The molecule has 23 heavy (non-hydrogen) atoms. The van der Waals surface area contributed by atoms with Crippen LogP contribution in [-0.4, -0.2) is 52.7 Å². The minimum Gasteiger partial charge on any atom is -0.455 e. The van der Waals surface area contributed by atoms with Crippen LogP contribution in [0.1, 0.15) is 12.8 Å². The molecule has 0 aliphatic carbocycles. The fourth-order valence-electron chi connectivity index (χ4n) is 3.89. The van der Waals surface area contributed by atoms with Crippen LogP contribution in [0.3, 0.4) is 0 Å². The minimum absolute atomic E-state index is 0.167. The molecule has 1 spiro atoms. The average Bonchev–Trinajstić information content (AvgIpc) is 3.12. The molecule has 0 amide bonds. The van der Waals surface area contributed by atoms with Crippen LogP contribution in [0.5, 0.6) is 0 Å². The zero-order chi connectivity index (χ0) is 15.4. The molecule has 1 atom stereocenters. The highest BCUT2D eigenvalue weighted by atomic mass is 32.1. The summed E-state index contributed by atoms with van der Waals surface area (Å²) in [5.41, 5.74) is 0.509. The van der Waals surface area contributed by atoms with Gasteiger partial charge in [0.25, 0.3) is 6.02 Å². The highest BCUT2D eigenvalue weighted by molar-refractivity contribution is 7.21. The Morgan fingerprint density at radius 1 is 1.30 bits per heavy atom. The Kier molecular flexibility index (Phi) is 2.87. The molecular weight excluding hydrogens is 317 g/mol. The van der Waals surface area contributed by atoms with Crippen molar-refractivity contribution < 1.29 is 9.13 Å². The maximum Gasteiger partial charge on any atom is 0.291 e. The van der Waals surface area contributed by atoms with E-state index in [1.165, 1.54) is 43.3 Å². The second-order valence-corrected chi connectivity index (χ2v) is 7.42. The summed E-state index contributed by atoms with van der Waals surface area (Å²) in [6.07, 6.45) is 2.38. The first-order chi connectivity index (χ1) is 11.2. The smallest absolute Gasteiger partial charge is 0.291 e. The van der Waals surface area contributed by atoms with Crippen LogP contribution in [0, 0.1) is 11.9 Å². The lowest BCUT2D eigenvalue weighted by Crippen LogP contribution is -2.61. The number of anilines is 1. The quantitative estimate of drug-likeness (QED) is 0.810. The van der Waals surface area contributed by atoms with Gasteiger partial charge in [-0.25, -0.2) is 15.0 Å². The van der Waals surface area contributed by atoms with Crippen molar-refractivity contribution in [3.63, 3.8) is 0 Å². The molecule has 4 aliphatic rings. The highest BCUT2D eigenvalue weighted by Crippen LogP contribution is 2.41. The summed E-state index contributed by atoms with van der Waals surface area (Å²) >= 11 is 1.30. The summed E-state index contributed by atoms with van der Waals surface area (Å²) in [5.74, 6) is 0.0927. The third-order valence-electron chi connectivity index (χ3n) is 5.05. The molecule has 8 heteroatoms. The predicted molar refractivity (Wildman–Crippen MR) is 86.3 cm³/mol. The van der Waals surface area contributed by atoms with Gasteiger partial charge in [-0.15, -0.1) is 0 Å². The third-order valence-corrected chi connectivity index (χ3v) is 5.93. The number of halogens is 1. The molecule has 6 rings (SSSR count). The van der Waals surface area contributed by atoms with Crippen molar-refractivity contribution in [1.82, 2.24) is 14.9 Å². The Morgan fingerprint density at radius 2 is 2.17 bits per heavy atom. The summed E-state index contributed by atoms with van der Waals surface area (Å²) < 4.78 is 19.4. The SMILES string of the molecule is Fc1ccc2nc(NC3=NCC4(CN5CCC4CC5)O3)sc2n1. The van der Waals surface area contributed by atoms with E-state index in [4.69, 9.17) is 4.74 Å². The lowest BCUT2D eigenvalue weighted by molar-refractivity contribution is -0.0829. The molecule has 120 valence electrons. The molecule has 2 aromatic rings. The van der Waals surface area contributed by atoms with Crippen LogP contribution >= 0.6 is 11.3 Å². The Bertz CT molecular complexity index is 800. The number of nitrogens with zero attached hydrogens (tertiary/aromatic N) is 4. The maximum atomic E-state index is 13.2. The number of aromatic nitrogens is 2. The molecule has 4 aliphatic heterocycles. The zero-order valence-electron chi connectivity index (χ0n) is 12.5. The van der Waals surface area contributed by atoms with Gasteiger partial charge in [0.2, 0.25) is 5.95 Å². The minimum atomic E-state index is -0.492. The van der Waals surface area contributed by atoms with Gasteiger partial charge in [-0.3, -0.25) is 10.2 Å². The standard InChI is InChI=1S/C15H16FN5OS/c16-11-2-1-10-12(19-11)23-14(18-10)20-13-17-7-15(22-13)8-21-5-3-9(15)4-6-21/h1-2,9H,3-8H2,(H,17,18,20). The lowest BCUT2D eigenvalue weighted by atomic mass is 9.75. The number of ether oxygens (including phenoxy) is 1. The van der Waals surface area contributed by atoms with Crippen molar-refractivity contribution in [1.29, 1.82) is 0 Å². The van der Waals surface area contributed by atoms with Gasteiger partial charge in [0.05, 0.1) is 6.54 Å². The summed E-state index contributed by atoms with van der Waals surface area (Å²) in [6, 6.07) is 3.47. The molecule has 6 nitrogen and oxygen atoms in total. The average molecular weight is 333 g/mol. The van der Waals surface area contributed by atoms with Crippen molar-refractivity contribution in [2.75, 3.05) is 31.5 Å². The number of thiazole rings is 1. The number of nitrogens with one attached hydrogen (secondary N) is 1. The zero-order valence-corrected chi connectivity index (χ0v) is 13.3. The summed E-state index contributed by atoms with van der Waals surface area (Å²) in [7, 11) is 0. The Balaban J connectivity index is 1.35. The molecule has 3 fully saturated rings. The highest BCUT2D eigenvalue weighted by Gasteiger charge is 2.51. The van der Waals surface area contributed by atoms with Gasteiger partial charge >= 0.3 is 0 Å². The van der Waals surface area contributed by atoms with Crippen LogP contribution in [0.4, 0.5) is 9.52 Å². The van der Waals surface area contributed by atoms with E-state index in [-0.39, 0.29) is 5.60 Å². The van der Waals surface area contributed by atoms with Gasteiger partial charge in [0.15, 0.2) is 5.13 Å². The topological polar surface area (TPSA) is 62.6 Å². The first kappa shape index (κ1) is 13.6. The van der Waals surface area contributed by atoms with Crippen LogP contribution in [0.15, 0.2) is 17.1 Å². The van der Waals surface area contributed by atoms with Gasteiger partial charge in [-0.1, -0.05) is 11.3 Å². The Morgan fingerprint density at radius 3 is 2.96 bits per heavy atom. The maximum absolute atomic E-state index is 13.2. The molecule has 1 unspecified atom stereocenters.